The summed E-state index contributed by atoms with van der Waals surface area (Å²) in [5.41, 5.74) is 1.47. The molecule has 0 N–H and O–H groups in total. The van der Waals surface area contributed by atoms with Crippen molar-refractivity contribution in [3.05, 3.63) is 0 Å². The maximum absolute atomic E-state index is 2.53. The van der Waals surface area contributed by atoms with Crippen LogP contribution < -0.4 is 0 Å². The molecule has 0 aromatic carbocycles. The summed E-state index contributed by atoms with van der Waals surface area (Å²) in [6.07, 6.45) is 5.56. The Labute approximate surface area is 135 Å². The summed E-state index contributed by atoms with van der Waals surface area (Å²) in [5, 5.41) is 0. The highest BCUT2D eigenvalue weighted by Gasteiger charge is 2.48. The Kier molecular flexibility index (Phi) is 5.67. The molecule has 0 heteroatoms. The van der Waals surface area contributed by atoms with Gasteiger partial charge in [0.2, 0.25) is 0 Å². The molecular formula is C21H42. The van der Waals surface area contributed by atoms with Crippen LogP contribution in [0.5, 0.6) is 0 Å². The van der Waals surface area contributed by atoms with Gasteiger partial charge in [0.05, 0.1) is 0 Å². The first kappa shape index (κ1) is 19.0. The maximum atomic E-state index is 2.53. The minimum Gasteiger partial charge on any atom is -0.0628 e. The Hall–Kier alpha value is 0. The molecule has 0 saturated heterocycles. The van der Waals surface area contributed by atoms with Crippen LogP contribution >= 0.6 is 0 Å². The lowest BCUT2D eigenvalue weighted by atomic mass is 9.51. The molecule has 1 rings (SSSR count). The molecule has 0 spiro atoms. The van der Waals surface area contributed by atoms with E-state index in [1.807, 2.05) is 0 Å². The Balaban J connectivity index is 2.99. The number of hydrogen-bond donors (Lipinski definition) is 0. The van der Waals surface area contributed by atoms with E-state index in [4.69, 9.17) is 0 Å². The van der Waals surface area contributed by atoms with Gasteiger partial charge in [0.25, 0.3) is 0 Å². The summed E-state index contributed by atoms with van der Waals surface area (Å²) >= 11 is 0. The van der Waals surface area contributed by atoms with Crippen LogP contribution in [0.1, 0.15) is 94.9 Å². The second kappa shape index (κ2) is 6.25. The second-order valence-corrected chi connectivity index (χ2v) is 11.0. The molecule has 1 saturated carbocycles. The van der Waals surface area contributed by atoms with Crippen molar-refractivity contribution in [2.75, 3.05) is 0 Å². The van der Waals surface area contributed by atoms with E-state index in [1.165, 1.54) is 25.7 Å². The minimum absolute atomic E-state index is 0.481. The van der Waals surface area contributed by atoms with Crippen molar-refractivity contribution < 1.29 is 0 Å². The largest absolute Gasteiger partial charge is 0.0628 e. The van der Waals surface area contributed by atoms with E-state index in [9.17, 15) is 0 Å². The lowest BCUT2D eigenvalue weighted by Crippen LogP contribution is -2.45. The van der Waals surface area contributed by atoms with E-state index in [0.717, 1.165) is 23.7 Å². The molecule has 126 valence electrons. The predicted octanol–water partition coefficient (Wildman–Crippen LogP) is 7.18. The van der Waals surface area contributed by atoms with E-state index in [-0.39, 0.29) is 0 Å². The third-order valence-electron chi connectivity index (χ3n) is 5.65. The molecule has 0 aromatic rings. The third-order valence-corrected chi connectivity index (χ3v) is 5.65. The quantitative estimate of drug-likeness (QED) is 0.503. The zero-order valence-corrected chi connectivity index (χ0v) is 16.6. The van der Waals surface area contributed by atoms with Crippen LogP contribution in [0.4, 0.5) is 0 Å². The molecule has 0 aromatic heterocycles. The van der Waals surface area contributed by atoms with Crippen molar-refractivity contribution in [2.24, 2.45) is 39.9 Å². The van der Waals surface area contributed by atoms with Gasteiger partial charge in [0, 0.05) is 0 Å². The zero-order chi connectivity index (χ0) is 16.6. The first-order valence-electron chi connectivity index (χ1n) is 9.26. The van der Waals surface area contributed by atoms with Crippen molar-refractivity contribution in [2.45, 2.75) is 94.9 Å². The fourth-order valence-corrected chi connectivity index (χ4v) is 6.44. The van der Waals surface area contributed by atoms with Gasteiger partial charge < -0.3 is 0 Å². The summed E-state index contributed by atoms with van der Waals surface area (Å²) in [6.45, 7) is 24.7. The highest BCUT2D eigenvalue weighted by Crippen LogP contribution is 2.57. The van der Waals surface area contributed by atoms with Gasteiger partial charge >= 0.3 is 0 Å². The molecule has 21 heavy (non-hydrogen) atoms. The van der Waals surface area contributed by atoms with Crippen molar-refractivity contribution in [1.29, 1.82) is 0 Å². The van der Waals surface area contributed by atoms with Gasteiger partial charge in [-0.1, -0.05) is 69.2 Å². The standard InChI is InChI=1S/C21H42/c1-15(2)11-19(5,6)12-17-13-20(7,8)14-21(9,10)18(17)16(3)4/h15-18H,11-14H2,1-10H3. The highest BCUT2D eigenvalue weighted by atomic mass is 14.5. The van der Waals surface area contributed by atoms with Gasteiger partial charge in [-0.15, -0.1) is 0 Å². The molecular weight excluding hydrogens is 252 g/mol. The topological polar surface area (TPSA) is 0 Å². The summed E-state index contributed by atoms with van der Waals surface area (Å²) in [7, 11) is 0. The third kappa shape index (κ3) is 5.29. The minimum atomic E-state index is 0.481. The smallest absolute Gasteiger partial charge is 0.0311 e. The van der Waals surface area contributed by atoms with Gasteiger partial charge in [-0.3, -0.25) is 0 Å². The van der Waals surface area contributed by atoms with Gasteiger partial charge in [-0.05, 0) is 65.6 Å². The molecule has 0 amide bonds. The highest BCUT2D eigenvalue weighted by molar-refractivity contribution is 4.97. The van der Waals surface area contributed by atoms with Crippen LogP contribution in [0.3, 0.4) is 0 Å². The molecule has 2 atom stereocenters. The Morgan fingerprint density at radius 2 is 1.52 bits per heavy atom. The average Bonchev–Trinajstić information content (AvgIpc) is 2.06. The van der Waals surface area contributed by atoms with E-state index < -0.39 is 0 Å². The second-order valence-electron chi connectivity index (χ2n) is 11.0. The van der Waals surface area contributed by atoms with Gasteiger partial charge in [0.15, 0.2) is 0 Å². The van der Waals surface area contributed by atoms with Crippen LogP contribution in [0, 0.1) is 39.9 Å². The fraction of sp³-hybridized carbons (Fsp3) is 1.00. The summed E-state index contributed by atoms with van der Waals surface area (Å²) < 4.78 is 0. The van der Waals surface area contributed by atoms with E-state index in [2.05, 4.69) is 69.2 Å². The van der Waals surface area contributed by atoms with Crippen LogP contribution in [0.2, 0.25) is 0 Å². The molecule has 0 radical (unpaired) electrons. The SMILES string of the molecule is CC(C)CC(C)(C)CC1CC(C)(C)CC(C)(C)C1C(C)C. The van der Waals surface area contributed by atoms with Crippen LogP contribution in [0.15, 0.2) is 0 Å². The van der Waals surface area contributed by atoms with Crippen molar-refractivity contribution in [3.8, 4) is 0 Å². The zero-order valence-electron chi connectivity index (χ0n) is 16.6. The summed E-state index contributed by atoms with van der Waals surface area (Å²) in [5.74, 6) is 3.37. The summed E-state index contributed by atoms with van der Waals surface area (Å²) in [6, 6.07) is 0. The van der Waals surface area contributed by atoms with Gasteiger partial charge in [0.1, 0.15) is 0 Å². The first-order chi connectivity index (χ1) is 9.26. The van der Waals surface area contributed by atoms with Gasteiger partial charge in [-0.2, -0.15) is 0 Å². The van der Waals surface area contributed by atoms with Crippen molar-refractivity contribution in [1.82, 2.24) is 0 Å². The molecule has 0 bridgehead atoms. The molecule has 0 heterocycles. The number of hydrogen-bond acceptors (Lipinski definition) is 0. The molecule has 1 aliphatic carbocycles. The fourth-order valence-electron chi connectivity index (χ4n) is 6.44. The van der Waals surface area contributed by atoms with Crippen LogP contribution in [-0.4, -0.2) is 0 Å². The first-order valence-corrected chi connectivity index (χ1v) is 9.26. The van der Waals surface area contributed by atoms with Crippen molar-refractivity contribution >= 4 is 0 Å². The monoisotopic (exact) mass is 294 g/mol. The van der Waals surface area contributed by atoms with Gasteiger partial charge in [-0.25, -0.2) is 0 Å². The normalized spacial score (nSPS) is 29.1. The predicted molar refractivity (Wildman–Crippen MR) is 96.5 cm³/mol. The van der Waals surface area contributed by atoms with Crippen LogP contribution in [0.25, 0.3) is 0 Å². The molecule has 1 aliphatic rings. The molecule has 0 aliphatic heterocycles. The lowest BCUT2D eigenvalue weighted by Gasteiger charge is -2.54. The Bertz CT molecular complexity index is 330. The summed E-state index contributed by atoms with van der Waals surface area (Å²) in [4.78, 5) is 0. The lowest BCUT2D eigenvalue weighted by molar-refractivity contribution is -0.0450. The average molecular weight is 295 g/mol. The van der Waals surface area contributed by atoms with Crippen molar-refractivity contribution in [3.63, 3.8) is 0 Å². The van der Waals surface area contributed by atoms with Crippen LogP contribution in [-0.2, 0) is 0 Å². The Morgan fingerprint density at radius 3 is 1.95 bits per heavy atom. The molecule has 2 unspecified atom stereocenters. The Morgan fingerprint density at radius 1 is 1.00 bits per heavy atom. The number of rotatable bonds is 5. The van der Waals surface area contributed by atoms with E-state index >= 15 is 0 Å². The van der Waals surface area contributed by atoms with E-state index in [0.29, 0.717) is 16.2 Å². The maximum Gasteiger partial charge on any atom is -0.0311 e. The molecule has 1 fully saturated rings. The van der Waals surface area contributed by atoms with E-state index in [1.54, 1.807) is 0 Å². The molecule has 0 nitrogen and oxygen atoms in total.